The Hall–Kier alpha value is -2.36. The van der Waals surface area contributed by atoms with Crippen molar-refractivity contribution in [2.24, 2.45) is 0 Å². The Bertz CT molecular complexity index is 701. The lowest BCUT2D eigenvalue weighted by molar-refractivity contribution is 0.0684. The molecule has 0 spiro atoms. The molecule has 1 aliphatic rings. The van der Waals surface area contributed by atoms with Gasteiger partial charge in [-0.05, 0) is 48.9 Å². The van der Waals surface area contributed by atoms with Gasteiger partial charge in [0, 0.05) is 5.56 Å². The van der Waals surface area contributed by atoms with Gasteiger partial charge in [0.2, 0.25) is 0 Å². The van der Waals surface area contributed by atoms with E-state index in [0.29, 0.717) is 12.2 Å². The lowest BCUT2D eigenvalue weighted by atomic mass is 9.90. The molecule has 0 bridgehead atoms. The van der Waals surface area contributed by atoms with E-state index in [4.69, 9.17) is 0 Å². The average molecular weight is 282 g/mol. The molecule has 2 aromatic rings. The van der Waals surface area contributed by atoms with Crippen LogP contribution in [-0.2, 0) is 19.4 Å². The number of carbonyl (C=O) groups is 1. The van der Waals surface area contributed by atoms with E-state index < -0.39 is 5.97 Å². The van der Waals surface area contributed by atoms with Gasteiger partial charge in [-0.3, -0.25) is 4.68 Å². The topological polar surface area (TPSA) is 55.1 Å². The summed E-state index contributed by atoms with van der Waals surface area (Å²) < 4.78 is 1.48. The highest BCUT2D eigenvalue weighted by atomic mass is 16.4. The van der Waals surface area contributed by atoms with Crippen LogP contribution in [0.25, 0.3) is 11.3 Å². The number of carboxylic acids is 1. The molecule has 1 aromatic heterocycles. The van der Waals surface area contributed by atoms with E-state index >= 15 is 0 Å². The molecule has 0 atom stereocenters. The second-order valence-electron chi connectivity index (χ2n) is 5.38. The summed E-state index contributed by atoms with van der Waals surface area (Å²) in [6.07, 6.45) is 6.37. The third-order valence-electron chi connectivity index (χ3n) is 3.95. The Balaban J connectivity index is 2.02. The predicted molar refractivity (Wildman–Crippen MR) is 81.5 cm³/mol. The molecule has 3 rings (SSSR count). The molecule has 0 saturated carbocycles. The zero-order valence-electron chi connectivity index (χ0n) is 11.9. The Kier molecular flexibility index (Phi) is 3.60. The standard InChI is InChI=1S/C17H18N2O2/c1-2-9-19-16(17(20)21)11-15(18-19)14-8-7-12-5-3-4-6-13(12)10-14/h2,7-8,10-11H,1,3-6,9H2,(H,20,21). The van der Waals surface area contributed by atoms with Crippen molar-refractivity contribution < 1.29 is 9.90 Å². The van der Waals surface area contributed by atoms with Gasteiger partial charge in [0.15, 0.2) is 0 Å². The summed E-state index contributed by atoms with van der Waals surface area (Å²) >= 11 is 0. The van der Waals surface area contributed by atoms with E-state index in [9.17, 15) is 9.90 Å². The molecular formula is C17H18N2O2. The van der Waals surface area contributed by atoms with Gasteiger partial charge in [0.05, 0.1) is 12.2 Å². The highest BCUT2D eigenvalue weighted by Crippen LogP contribution is 2.27. The first-order valence-electron chi connectivity index (χ1n) is 7.23. The molecule has 0 unspecified atom stereocenters. The van der Waals surface area contributed by atoms with Crippen LogP contribution >= 0.6 is 0 Å². The second-order valence-corrected chi connectivity index (χ2v) is 5.38. The minimum atomic E-state index is -0.964. The van der Waals surface area contributed by atoms with Crippen molar-refractivity contribution in [1.29, 1.82) is 0 Å². The van der Waals surface area contributed by atoms with Crippen molar-refractivity contribution in [1.82, 2.24) is 9.78 Å². The van der Waals surface area contributed by atoms with E-state index in [1.807, 2.05) is 6.07 Å². The van der Waals surface area contributed by atoms with Crippen molar-refractivity contribution in [3.8, 4) is 11.3 Å². The van der Waals surface area contributed by atoms with Gasteiger partial charge in [-0.1, -0.05) is 18.2 Å². The average Bonchev–Trinajstić information content (AvgIpc) is 2.91. The third kappa shape index (κ3) is 2.61. The van der Waals surface area contributed by atoms with Crippen molar-refractivity contribution in [3.63, 3.8) is 0 Å². The number of hydrogen-bond acceptors (Lipinski definition) is 2. The minimum absolute atomic E-state index is 0.197. The molecule has 4 nitrogen and oxygen atoms in total. The van der Waals surface area contributed by atoms with E-state index in [1.165, 1.54) is 28.7 Å². The van der Waals surface area contributed by atoms with Crippen molar-refractivity contribution >= 4 is 5.97 Å². The van der Waals surface area contributed by atoms with Crippen LogP contribution in [0.2, 0.25) is 0 Å². The fraction of sp³-hybridized carbons (Fsp3) is 0.294. The van der Waals surface area contributed by atoms with Gasteiger partial charge < -0.3 is 5.11 Å². The first-order chi connectivity index (χ1) is 10.2. The van der Waals surface area contributed by atoms with Crippen LogP contribution in [0.3, 0.4) is 0 Å². The minimum Gasteiger partial charge on any atom is -0.477 e. The molecule has 21 heavy (non-hydrogen) atoms. The molecule has 0 fully saturated rings. The molecule has 4 heteroatoms. The summed E-state index contributed by atoms with van der Waals surface area (Å²) in [5, 5.41) is 13.7. The molecule has 0 saturated heterocycles. The predicted octanol–water partition coefficient (Wildman–Crippen LogP) is 3.31. The number of aromatic carboxylic acids is 1. The maximum atomic E-state index is 11.3. The van der Waals surface area contributed by atoms with Gasteiger partial charge in [-0.2, -0.15) is 5.10 Å². The summed E-state index contributed by atoms with van der Waals surface area (Å²) in [6.45, 7) is 4.04. The number of aromatic nitrogens is 2. The first-order valence-corrected chi connectivity index (χ1v) is 7.23. The molecule has 0 aliphatic heterocycles. The van der Waals surface area contributed by atoms with E-state index in [2.05, 4.69) is 23.8 Å². The highest BCUT2D eigenvalue weighted by Gasteiger charge is 2.16. The monoisotopic (exact) mass is 282 g/mol. The van der Waals surface area contributed by atoms with Gasteiger partial charge in [0.1, 0.15) is 5.69 Å². The number of rotatable bonds is 4. The normalized spacial score (nSPS) is 13.7. The fourth-order valence-corrected chi connectivity index (χ4v) is 2.88. The molecule has 1 aromatic carbocycles. The third-order valence-corrected chi connectivity index (χ3v) is 3.95. The van der Waals surface area contributed by atoms with Gasteiger partial charge in [0.25, 0.3) is 0 Å². The number of benzene rings is 1. The lowest BCUT2D eigenvalue weighted by Crippen LogP contribution is -2.08. The van der Waals surface area contributed by atoms with Crippen LogP contribution in [0.1, 0.15) is 34.5 Å². The van der Waals surface area contributed by atoms with Gasteiger partial charge in [-0.15, -0.1) is 6.58 Å². The van der Waals surface area contributed by atoms with E-state index in [0.717, 1.165) is 18.4 Å². The largest absolute Gasteiger partial charge is 0.477 e. The van der Waals surface area contributed by atoms with Crippen LogP contribution in [0.4, 0.5) is 0 Å². The van der Waals surface area contributed by atoms with Crippen LogP contribution < -0.4 is 0 Å². The molecule has 1 heterocycles. The van der Waals surface area contributed by atoms with Gasteiger partial charge >= 0.3 is 5.97 Å². The maximum absolute atomic E-state index is 11.3. The number of carboxylic acid groups (broad SMARTS) is 1. The number of nitrogens with zero attached hydrogens (tertiary/aromatic N) is 2. The number of fused-ring (bicyclic) bond motifs is 1. The van der Waals surface area contributed by atoms with E-state index in [-0.39, 0.29) is 5.69 Å². The quantitative estimate of drug-likeness (QED) is 0.875. The first kappa shape index (κ1) is 13.6. The Morgan fingerprint density at radius 1 is 1.29 bits per heavy atom. The number of allylic oxidation sites excluding steroid dienone is 1. The number of hydrogen-bond donors (Lipinski definition) is 1. The van der Waals surface area contributed by atoms with Crippen molar-refractivity contribution in [2.75, 3.05) is 0 Å². The summed E-state index contributed by atoms with van der Waals surface area (Å²) in [4.78, 5) is 11.3. The molecule has 1 N–H and O–H groups in total. The van der Waals surface area contributed by atoms with Crippen molar-refractivity contribution in [2.45, 2.75) is 32.2 Å². The lowest BCUT2D eigenvalue weighted by Gasteiger charge is -2.15. The Labute approximate surface area is 123 Å². The fourth-order valence-electron chi connectivity index (χ4n) is 2.88. The van der Waals surface area contributed by atoms with Crippen LogP contribution in [0, 0.1) is 0 Å². The summed E-state index contributed by atoms with van der Waals surface area (Å²) in [5.74, 6) is -0.964. The highest BCUT2D eigenvalue weighted by molar-refractivity contribution is 5.87. The van der Waals surface area contributed by atoms with Crippen LogP contribution in [-0.4, -0.2) is 20.9 Å². The van der Waals surface area contributed by atoms with Gasteiger partial charge in [-0.25, -0.2) is 4.79 Å². The van der Waals surface area contributed by atoms with E-state index in [1.54, 1.807) is 12.1 Å². The summed E-state index contributed by atoms with van der Waals surface area (Å²) in [5.41, 5.74) is 4.68. The molecular weight excluding hydrogens is 264 g/mol. The Morgan fingerprint density at radius 2 is 2.05 bits per heavy atom. The second kappa shape index (κ2) is 5.56. The Morgan fingerprint density at radius 3 is 2.76 bits per heavy atom. The van der Waals surface area contributed by atoms with Crippen molar-refractivity contribution in [3.05, 3.63) is 53.7 Å². The summed E-state index contributed by atoms with van der Waals surface area (Å²) in [7, 11) is 0. The van der Waals surface area contributed by atoms with Crippen LogP contribution in [0.15, 0.2) is 36.9 Å². The molecule has 0 radical (unpaired) electrons. The zero-order valence-corrected chi connectivity index (χ0v) is 11.9. The SMILES string of the molecule is C=CCn1nc(-c2ccc3c(c2)CCCC3)cc1C(=O)O. The molecule has 0 amide bonds. The maximum Gasteiger partial charge on any atom is 0.354 e. The van der Waals surface area contributed by atoms with Crippen LogP contribution in [0.5, 0.6) is 0 Å². The zero-order chi connectivity index (χ0) is 14.8. The molecule has 108 valence electrons. The number of aryl methyl sites for hydroxylation is 2. The molecule has 1 aliphatic carbocycles. The summed E-state index contributed by atoms with van der Waals surface area (Å²) in [6, 6.07) is 7.98. The smallest absolute Gasteiger partial charge is 0.354 e.